The van der Waals surface area contributed by atoms with Crippen LogP contribution in [0.25, 0.3) is 16.6 Å². The number of ether oxygens (including phenoxy) is 2. The van der Waals surface area contributed by atoms with Crippen LogP contribution >= 0.6 is 0 Å². The van der Waals surface area contributed by atoms with E-state index in [2.05, 4.69) is 5.10 Å². The van der Waals surface area contributed by atoms with E-state index in [0.717, 1.165) is 11.1 Å². The second kappa shape index (κ2) is 11.1. The Balaban J connectivity index is 1.62. The second-order valence-electron chi connectivity index (χ2n) is 8.87. The van der Waals surface area contributed by atoms with Crippen LogP contribution in [0.1, 0.15) is 21.6 Å². The zero-order valence-corrected chi connectivity index (χ0v) is 22.3. The van der Waals surface area contributed by atoms with Crippen LogP contribution in [0.3, 0.4) is 0 Å². The summed E-state index contributed by atoms with van der Waals surface area (Å²) in [4.78, 5) is 12.1. The smallest absolute Gasteiger partial charge is 0.244 e. The van der Waals surface area contributed by atoms with Crippen LogP contribution in [0.5, 0.6) is 11.5 Å². The number of rotatable bonds is 10. The first kappa shape index (κ1) is 26.1. The van der Waals surface area contributed by atoms with Gasteiger partial charge in [-0.3, -0.25) is 4.79 Å². The van der Waals surface area contributed by atoms with Crippen molar-refractivity contribution >= 4 is 21.8 Å². The molecule has 8 nitrogen and oxygen atoms in total. The molecule has 0 unspecified atom stereocenters. The summed E-state index contributed by atoms with van der Waals surface area (Å²) in [6.07, 6.45) is 2.38. The van der Waals surface area contributed by atoms with Crippen molar-refractivity contribution in [1.29, 1.82) is 0 Å². The highest BCUT2D eigenvalue weighted by molar-refractivity contribution is 7.89. The van der Waals surface area contributed by atoms with Crippen molar-refractivity contribution in [2.75, 3.05) is 14.2 Å². The van der Waals surface area contributed by atoms with E-state index in [4.69, 9.17) is 9.47 Å². The van der Waals surface area contributed by atoms with Gasteiger partial charge in [-0.2, -0.15) is 9.40 Å². The minimum absolute atomic E-state index is 0.0916. The normalized spacial score (nSPS) is 11.6. The highest BCUT2D eigenvalue weighted by Gasteiger charge is 2.30. The lowest BCUT2D eigenvalue weighted by Gasteiger charge is -2.24. The van der Waals surface area contributed by atoms with Crippen LogP contribution in [0, 0.1) is 0 Å². The number of hydrogen-bond donors (Lipinski definition) is 0. The molecule has 0 amide bonds. The van der Waals surface area contributed by atoms with Gasteiger partial charge in [0.1, 0.15) is 17.2 Å². The number of carbonyl (C=O) groups excluding carboxylic acids is 1. The summed E-state index contributed by atoms with van der Waals surface area (Å²) in [7, 11) is -0.894. The number of fused-ring (bicyclic) bond motifs is 1. The van der Waals surface area contributed by atoms with Gasteiger partial charge in [0, 0.05) is 30.4 Å². The minimum atomic E-state index is -4.06. The molecule has 0 aliphatic heterocycles. The molecule has 0 spiro atoms. The van der Waals surface area contributed by atoms with Gasteiger partial charge < -0.3 is 9.47 Å². The summed E-state index contributed by atoms with van der Waals surface area (Å²) in [6, 6.07) is 26.7. The molecule has 0 N–H and O–H groups in total. The predicted molar refractivity (Wildman–Crippen MR) is 148 cm³/mol. The summed E-state index contributed by atoms with van der Waals surface area (Å²) in [5.41, 5.74) is 3.29. The maximum absolute atomic E-state index is 14.4. The van der Waals surface area contributed by atoms with Crippen molar-refractivity contribution in [1.82, 2.24) is 13.9 Å². The van der Waals surface area contributed by atoms with Crippen LogP contribution in [0.4, 0.5) is 0 Å². The molecule has 0 saturated heterocycles. The fourth-order valence-electron chi connectivity index (χ4n) is 4.51. The van der Waals surface area contributed by atoms with E-state index in [0.29, 0.717) is 34.4 Å². The van der Waals surface area contributed by atoms with Crippen molar-refractivity contribution in [2.45, 2.75) is 18.0 Å². The van der Waals surface area contributed by atoms with Crippen molar-refractivity contribution in [2.24, 2.45) is 0 Å². The number of nitrogens with zero attached hydrogens (tertiary/aromatic N) is 3. The van der Waals surface area contributed by atoms with Crippen LogP contribution in [-0.2, 0) is 23.1 Å². The third kappa shape index (κ3) is 5.27. The number of sulfonamides is 1. The molecule has 0 saturated carbocycles. The number of methoxy groups -OCH3 is 2. The first-order valence-electron chi connectivity index (χ1n) is 12.2. The van der Waals surface area contributed by atoms with Crippen molar-refractivity contribution < 1.29 is 22.7 Å². The molecule has 0 atom stereocenters. The summed E-state index contributed by atoms with van der Waals surface area (Å²) in [5, 5.41) is 4.36. The maximum Gasteiger partial charge on any atom is 0.244 e. The summed E-state index contributed by atoms with van der Waals surface area (Å²) < 4.78 is 42.3. The standard InChI is InChI=1S/C30H27N3O5S/c1-37-24-14-10-22(11-15-24)19-32(20-23-12-16-25(38-2)17-13-23)39(35,36)29-9-4-3-7-26(29)30-27(21-34)31-33-18-6-5-8-28(30)33/h3-18,21H,19-20H2,1-2H3. The van der Waals surface area contributed by atoms with Gasteiger partial charge in [-0.1, -0.05) is 48.5 Å². The van der Waals surface area contributed by atoms with Gasteiger partial charge in [-0.15, -0.1) is 0 Å². The number of benzene rings is 3. The lowest BCUT2D eigenvalue weighted by molar-refractivity contribution is 0.111. The van der Waals surface area contributed by atoms with Gasteiger partial charge in [0.25, 0.3) is 0 Å². The largest absolute Gasteiger partial charge is 0.497 e. The molecule has 9 heteroatoms. The molecule has 3 aromatic carbocycles. The third-order valence-electron chi connectivity index (χ3n) is 6.49. The molecular formula is C30H27N3O5S. The number of pyridine rings is 1. The number of hydrogen-bond acceptors (Lipinski definition) is 6. The average molecular weight is 542 g/mol. The molecule has 198 valence electrons. The predicted octanol–water partition coefficient (Wildman–Crippen LogP) is 5.22. The van der Waals surface area contributed by atoms with Crippen molar-refractivity contribution in [3.63, 3.8) is 0 Å². The number of aldehydes is 1. The summed E-state index contributed by atoms with van der Waals surface area (Å²) >= 11 is 0. The van der Waals surface area contributed by atoms with Crippen LogP contribution in [0.15, 0.2) is 102 Å². The average Bonchev–Trinajstić information content (AvgIpc) is 3.36. The fourth-order valence-corrected chi connectivity index (χ4v) is 6.12. The lowest BCUT2D eigenvalue weighted by Crippen LogP contribution is -2.30. The van der Waals surface area contributed by atoms with E-state index >= 15 is 0 Å². The van der Waals surface area contributed by atoms with E-state index in [-0.39, 0.29) is 23.7 Å². The Bertz CT molecular complexity index is 1660. The Morgan fingerprint density at radius 1 is 0.795 bits per heavy atom. The molecule has 0 radical (unpaired) electrons. The molecule has 5 rings (SSSR count). The van der Waals surface area contributed by atoms with E-state index < -0.39 is 10.0 Å². The van der Waals surface area contributed by atoms with E-state index in [1.54, 1.807) is 79.5 Å². The topological polar surface area (TPSA) is 90.2 Å². The number of aromatic nitrogens is 2. The lowest BCUT2D eigenvalue weighted by atomic mass is 10.0. The van der Waals surface area contributed by atoms with Crippen molar-refractivity contribution in [3.8, 4) is 22.6 Å². The second-order valence-corrected chi connectivity index (χ2v) is 10.8. The van der Waals surface area contributed by atoms with Gasteiger partial charge in [0.15, 0.2) is 6.29 Å². The molecule has 0 aliphatic rings. The Morgan fingerprint density at radius 2 is 1.36 bits per heavy atom. The summed E-state index contributed by atoms with van der Waals surface area (Å²) in [5.74, 6) is 1.37. The fraction of sp³-hybridized carbons (Fsp3) is 0.133. The first-order chi connectivity index (χ1) is 18.9. The first-order valence-corrected chi connectivity index (χ1v) is 13.7. The molecular weight excluding hydrogens is 514 g/mol. The molecule has 39 heavy (non-hydrogen) atoms. The van der Waals surface area contributed by atoms with Crippen LogP contribution in [0.2, 0.25) is 0 Å². The van der Waals surface area contributed by atoms with Gasteiger partial charge in [0.2, 0.25) is 10.0 Å². The quantitative estimate of drug-likeness (QED) is 0.225. The van der Waals surface area contributed by atoms with E-state index in [9.17, 15) is 13.2 Å². The van der Waals surface area contributed by atoms with Crippen LogP contribution < -0.4 is 9.47 Å². The molecule has 0 aliphatic carbocycles. The zero-order chi connectivity index (χ0) is 27.4. The SMILES string of the molecule is COc1ccc(CN(Cc2ccc(OC)cc2)S(=O)(=O)c2ccccc2-c2c(C=O)nn3ccccc23)cc1. The Labute approximate surface area is 227 Å². The van der Waals surface area contributed by atoms with E-state index in [1.807, 2.05) is 36.4 Å². The highest BCUT2D eigenvalue weighted by Crippen LogP contribution is 2.35. The molecule has 0 fully saturated rings. The van der Waals surface area contributed by atoms with Gasteiger partial charge in [-0.05, 0) is 53.6 Å². The van der Waals surface area contributed by atoms with Gasteiger partial charge in [0.05, 0.1) is 24.6 Å². The zero-order valence-electron chi connectivity index (χ0n) is 21.5. The van der Waals surface area contributed by atoms with Crippen molar-refractivity contribution in [3.05, 3.63) is 114 Å². The molecule has 2 heterocycles. The van der Waals surface area contributed by atoms with Gasteiger partial charge >= 0.3 is 0 Å². The maximum atomic E-state index is 14.4. The monoisotopic (exact) mass is 541 g/mol. The van der Waals surface area contributed by atoms with Gasteiger partial charge in [-0.25, -0.2) is 12.9 Å². The highest BCUT2D eigenvalue weighted by atomic mass is 32.2. The Hall–Kier alpha value is -4.47. The third-order valence-corrected chi connectivity index (χ3v) is 8.34. The molecule has 2 aromatic heterocycles. The molecule has 5 aromatic rings. The van der Waals surface area contributed by atoms with E-state index in [1.165, 1.54) is 4.31 Å². The summed E-state index contributed by atoms with van der Waals surface area (Å²) in [6.45, 7) is 0.254. The Morgan fingerprint density at radius 3 is 1.92 bits per heavy atom. The van der Waals surface area contributed by atoms with Crippen LogP contribution in [-0.4, -0.2) is 42.8 Å². The molecule has 0 bridgehead atoms. The minimum Gasteiger partial charge on any atom is -0.497 e. The number of carbonyl (C=O) groups is 1. The Kier molecular flexibility index (Phi) is 7.44.